The van der Waals surface area contributed by atoms with Crippen LogP contribution in [0.5, 0.6) is 0 Å². The molecular formula is C26H22F2N2O5. The highest BCUT2D eigenvalue weighted by Gasteiger charge is 2.32. The number of carbonyl (C=O) groups is 3. The SMILES string of the molecule is CN(C)CCOC(=O)c1ccc(-c2ccc(F)c(F)c2)cc1N1Cc2ccc(C(=O)O)cc2C1=O. The number of aromatic carboxylic acids is 1. The number of amides is 1. The molecule has 0 fully saturated rings. The van der Waals surface area contributed by atoms with Gasteiger partial charge in [0, 0.05) is 12.1 Å². The zero-order valence-corrected chi connectivity index (χ0v) is 19.0. The highest BCUT2D eigenvalue weighted by molar-refractivity contribution is 6.13. The minimum atomic E-state index is -1.16. The third-order valence-corrected chi connectivity index (χ3v) is 5.69. The van der Waals surface area contributed by atoms with E-state index in [9.17, 15) is 28.3 Å². The van der Waals surface area contributed by atoms with E-state index in [1.807, 2.05) is 19.0 Å². The van der Waals surface area contributed by atoms with E-state index in [0.29, 0.717) is 23.2 Å². The number of hydrogen-bond donors (Lipinski definition) is 1. The molecule has 0 spiro atoms. The fourth-order valence-corrected chi connectivity index (χ4v) is 3.81. The average Bonchev–Trinajstić information content (AvgIpc) is 3.15. The molecule has 7 nitrogen and oxygen atoms in total. The Hall–Kier alpha value is -4.11. The summed E-state index contributed by atoms with van der Waals surface area (Å²) in [5, 5.41) is 9.28. The van der Waals surface area contributed by atoms with Gasteiger partial charge in [0.15, 0.2) is 11.6 Å². The standard InChI is InChI=1S/C26H22F2N2O5/c1-29(2)9-10-35-26(34)19-7-5-16(15-6-8-21(27)22(28)12-15)13-23(19)30-14-18-4-3-17(25(32)33)11-20(18)24(30)31/h3-8,11-13H,9-10,14H2,1-2H3,(H,32,33). The van der Waals surface area contributed by atoms with Gasteiger partial charge in [0.05, 0.1) is 23.4 Å². The van der Waals surface area contributed by atoms with Gasteiger partial charge in [-0.2, -0.15) is 0 Å². The van der Waals surface area contributed by atoms with Crippen molar-refractivity contribution in [1.82, 2.24) is 4.90 Å². The number of fused-ring (bicyclic) bond motifs is 1. The third kappa shape index (κ3) is 4.90. The third-order valence-electron chi connectivity index (χ3n) is 5.69. The van der Waals surface area contributed by atoms with E-state index in [1.165, 1.54) is 35.2 Å². The van der Waals surface area contributed by atoms with Crippen LogP contribution >= 0.6 is 0 Å². The molecule has 0 bridgehead atoms. The Morgan fingerprint density at radius 3 is 2.40 bits per heavy atom. The van der Waals surface area contributed by atoms with Gasteiger partial charge in [-0.05, 0) is 67.2 Å². The summed E-state index contributed by atoms with van der Waals surface area (Å²) in [4.78, 5) is 40.7. The van der Waals surface area contributed by atoms with Crippen LogP contribution < -0.4 is 4.90 Å². The Bertz CT molecular complexity index is 1340. The number of anilines is 1. The molecule has 1 amide bonds. The molecule has 180 valence electrons. The molecule has 1 aliphatic rings. The quantitative estimate of drug-likeness (QED) is 0.510. The minimum Gasteiger partial charge on any atom is -0.478 e. The second-order valence-electron chi connectivity index (χ2n) is 8.37. The number of likely N-dealkylation sites (N-methyl/N-ethyl adjacent to an activating group) is 1. The summed E-state index contributed by atoms with van der Waals surface area (Å²) in [6.07, 6.45) is 0. The van der Waals surface area contributed by atoms with E-state index in [0.717, 1.165) is 12.1 Å². The lowest BCUT2D eigenvalue weighted by Crippen LogP contribution is -2.26. The molecule has 9 heteroatoms. The van der Waals surface area contributed by atoms with Crippen LogP contribution in [0.1, 0.15) is 36.6 Å². The normalized spacial score (nSPS) is 12.7. The first-order valence-corrected chi connectivity index (χ1v) is 10.7. The molecular weight excluding hydrogens is 458 g/mol. The zero-order valence-electron chi connectivity index (χ0n) is 19.0. The number of carboxylic acid groups (broad SMARTS) is 1. The highest BCUT2D eigenvalue weighted by Crippen LogP contribution is 2.35. The minimum absolute atomic E-state index is 0.0298. The van der Waals surface area contributed by atoms with Crippen molar-refractivity contribution in [3.63, 3.8) is 0 Å². The Morgan fingerprint density at radius 2 is 1.71 bits per heavy atom. The molecule has 0 aliphatic carbocycles. The summed E-state index contributed by atoms with van der Waals surface area (Å²) in [7, 11) is 3.67. The molecule has 0 unspecified atom stereocenters. The van der Waals surface area contributed by atoms with Gasteiger partial charge in [0.1, 0.15) is 6.61 Å². The van der Waals surface area contributed by atoms with Crippen LogP contribution in [0.15, 0.2) is 54.6 Å². The summed E-state index contributed by atoms with van der Waals surface area (Å²) >= 11 is 0. The van der Waals surface area contributed by atoms with Crippen molar-refractivity contribution in [2.75, 3.05) is 32.1 Å². The molecule has 35 heavy (non-hydrogen) atoms. The van der Waals surface area contributed by atoms with Gasteiger partial charge in [-0.1, -0.05) is 18.2 Å². The largest absolute Gasteiger partial charge is 0.478 e. The molecule has 1 N–H and O–H groups in total. The van der Waals surface area contributed by atoms with Crippen molar-refractivity contribution in [1.29, 1.82) is 0 Å². The Balaban J connectivity index is 1.76. The van der Waals surface area contributed by atoms with Gasteiger partial charge < -0.3 is 19.6 Å². The molecule has 0 saturated heterocycles. The lowest BCUT2D eigenvalue weighted by molar-refractivity contribution is 0.0482. The smallest absolute Gasteiger partial charge is 0.340 e. The van der Waals surface area contributed by atoms with Crippen molar-refractivity contribution in [3.05, 3.63) is 88.5 Å². The van der Waals surface area contributed by atoms with E-state index in [2.05, 4.69) is 0 Å². The van der Waals surface area contributed by atoms with Gasteiger partial charge in [-0.3, -0.25) is 4.79 Å². The maximum absolute atomic E-state index is 13.9. The fourth-order valence-electron chi connectivity index (χ4n) is 3.81. The second-order valence-corrected chi connectivity index (χ2v) is 8.37. The van der Waals surface area contributed by atoms with E-state index in [-0.39, 0.29) is 35.5 Å². The Kier molecular flexibility index (Phi) is 6.61. The molecule has 1 heterocycles. The summed E-state index contributed by atoms with van der Waals surface area (Å²) < 4.78 is 32.7. The predicted molar refractivity (Wildman–Crippen MR) is 125 cm³/mol. The van der Waals surface area contributed by atoms with Crippen LogP contribution in [0.4, 0.5) is 14.5 Å². The summed E-state index contributed by atoms with van der Waals surface area (Å²) in [6.45, 7) is 0.736. The monoisotopic (exact) mass is 480 g/mol. The Labute approximate surface area is 200 Å². The molecule has 3 aromatic carbocycles. The second kappa shape index (κ2) is 9.63. The van der Waals surface area contributed by atoms with E-state index < -0.39 is 29.5 Å². The van der Waals surface area contributed by atoms with Gasteiger partial charge in [0.25, 0.3) is 5.91 Å². The summed E-state index contributed by atoms with van der Waals surface area (Å²) in [6, 6.07) is 12.3. The molecule has 0 saturated carbocycles. The maximum Gasteiger partial charge on any atom is 0.340 e. The predicted octanol–water partition coefficient (Wildman–Crippen LogP) is 4.21. The summed E-state index contributed by atoms with van der Waals surface area (Å²) in [5.74, 6) is -4.30. The van der Waals surface area contributed by atoms with Gasteiger partial charge in [-0.15, -0.1) is 0 Å². The van der Waals surface area contributed by atoms with Crippen molar-refractivity contribution in [2.45, 2.75) is 6.54 Å². The van der Waals surface area contributed by atoms with Crippen LogP contribution in [0.2, 0.25) is 0 Å². The maximum atomic E-state index is 13.9. The number of ether oxygens (including phenoxy) is 1. The average molecular weight is 480 g/mol. The van der Waals surface area contributed by atoms with Crippen molar-refractivity contribution in [3.8, 4) is 11.1 Å². The number of halogens is 2. The van der Waals surface area contributed by atoms with Crippen LogP contribution in [0.25, 0.3) is 11.1 Å². The Morgan fingerprint density at radius 1 is 1.00 bits per heavy atom. The topological polar surface area (TPSA) is 87.2 Å². The lowest BCUT2D eigenvalue weighted by atomic mass is 10.0. The van der Waals surface area contributed by atoms with Crippen LogP contribution in [-0.4, -0.2) is 55.1 Å². The number of rotatable bonds is 7. The van der Waals surface area contributed by atoms with Gasteiger partial charge in [-0.25, -0.2) is 18.4 Å². The van der Waals surface area contributed by atoms with E-state index in [4.69, 9.17) is 4.74 Å². The van der Waals surface area contributed by atoms with Gasteiger partial charge in [0.2, 0.25) is 0 Å². The fraction of sp³-hybridized carbons (Fsp3) is 0.192. The van der Waals surface area contributed by atoms with Crippen LogP contribution in [0, 0.1) is 11.6 Å². The number of nitrogens with zero attached hydrogens (tertiary/aromatic N) is 2. The number of carboxylic acids is 1. The van der Waals surface area contributed by atoms with Crippen molar-refractivity contribution >= 4 is 23.5 Å². The highest BCUT2D eigenvalue weighted by atomic mass is 19.2. The van der Waals surface area contributed by atoms with Gasteiger partial charge >= 0.3 is 11.9 Å². The first-order chi connectivity index (χ1) is 16.7. The first kappa shape index (κ1) is 24.0. The van der Waals surface area contributed by atoms with Crippen molar-refractivity contribution < 1.29 is 33.0 Å². The molecule has 4 rings (SSSR count). The van der Waals surface area contributed by atoms with Crippen LogP contribution in [-0.2, 0) is 11.3 Å². The summed E-state index contributed by atoms with van der Waals surface area (Å²) in [5.41, 5.74) is 1.95. The number of benzene rings is 3. The molecule has 0 atom stereocenters. The zero-order chi connectivity index (χ0) is 25.3. The number of carbonyl (C=O) groups excluding carboxylic acids is 2. The van der Waals surface area contributed by atoms with E-state index >= 15 is 0 Å². The molecule has 1 aliphatic heterocycles. The lowest BCUT2D eigenvalue weighted by Gasteiger charge is -2.21. The number of esters is 1. The number of hydrogen-bond acceptors (Lipinski definition) is 5. The molecule has 0 aromatic heterocycles. The van der Waals surface area contributed by atoms with Crippen molar-refractivity contribution in [2.24, 2.45) is 0 Å². The first-order valence-electron chi connectivity index (χ1n) is 10.7. The molecule has 0 radical (unpaired) electrons. The van der Waals surface area contributed by atoms with E-state index in [1.54, 1.807) is 12.1 Å². The molecule has 3 aromatic rings. The van der Waals surface area contributed by atoms with Crippen LogP contribution in [0.3, 0.4) is 0 Å².